The van der Waals surface area contributed by atoms with E-state index in [-0.39, 0.29) is 15.7 Å². The average molecular weight is 313 g/mol. The molecule has 0 radical (unpaired) electrons. The molecule has 3 nitrogen and oxygen atoms in total. The van der Waals surface area contributed by atoms with Crippen molar-refractivity contribution in [2.45, 2.75) is 6.92 Å². The Morgan fingerprint density at radius 2 is 1.75 bits per heavy atom. The third kappa shape index (κ3) is 3.21. The zero-order valence-electron chi connectivity index (χ0n) is 10.5. The van der Waals surface area contributed by atoms with Crippen LogP contribution in [0.3, 0.4) is 0 Å². The lowest BCUT2D eigenvalue weighted by molar-refractivity contribution is 0.102. The highest BCUT2D eigenvalue weighted by molar-refractivity contribution is 6.40. The molecule has 0 spiro atoms. The summed E-state index contributed by atoms with van der Waals surface area (Å²) in [5.41, 5.74) is 7.56. The number of carbonyl (C=O) groups excluding carboxylic acids is 1. The summed E-state index contributed by atoms with van der Waals surface area (Å²) in [6.07, 6.45) is 0. The van der Waals surface area contributed by atoms with Crippen LogP contribution in [0.2, 0.25) is 10.0 Å². The highest BCUT2D eigenvalue weighted by atomic mass is 35.5. The third-order valence-corrected chi connectivity index (χ3v) is 3.20. The maximum atomic E-state index is 13.1. The first-order valence-corrected chi connectivity index (χ1v) is 6.45. The van der Waals surface area contributed by atoms with Crippen LogP contribution in [-0.4, -0.2) is 5.91 Å². The molecule has 0 atom stereocenters. The second-order valence-corrected chi connectivity index (χ2v) is 5.15. The standard InChI is InChI=1S/C14H11Cl2FN2O/c1-7-2-8(4-10(18)3-7)14(20)19-13-11(15)5-9(17)6-12(13)16/h2-6H,18H2,1H3,(H,19,20). The molecule has 3 N–H and O–H groups in total. The predicted molar refractivity (Wildman–Crippen MR) is 80.0 cm³/mol. The zero-order valence-corrected chi connectivity index (χ0v) is 12.0. The van der Waals surface area contributed by atoms with Crippen molar-refractivity contribution in [1.82, 2.24) is 0 Å². The Hall–Kier alpha value is -1.78. The first-order valence-electron chi connectivity index (χ1n) is 5.70. The molecule has 0 fully saturated rings. The van der Waals surface area contributed by atoms with Gasteiger partial charge >= 0.3 is 0 Å². The maximum absolute atomic E-state index is 13.1. The Labute approximate surface area is 125 Å². The van der Waals surface area contributed by atoms with Gasteiger partial charge in [-0.2, -0.15) is 0 Å². The smallest absolute Gasteiger partial charge is 0.255 e. The van der Waals surface area contributed by atoms with Gasteiger partial charge in [0.25, 0.3) is 5.91 Å². The number of hydrogen-bond donors (Lipinski definition) is 2. The Bertz CT molecular complexity index is 646. The van der Waals surface area contributed by atoms with Gasteiger partial charge in [-0.1, -0.05) is 23.2 Å². The fraction of sp³-hybridized carbons (Fsp3) is 0.0714. The van der Waals surface area contributed by atoms with E-state index in [1.807, 2.05) is 6.92 Å². The number of hydrogen-bond acceptors (Lipinski definition) is 2. The van der Waals surface area contributed by atoms with Gasteiger partial charge in [0, 0.05) is 11.3 Å². The van der Waals surface area contributed by atoms with Gasteiger partial charge in [0.15, 0.2) is 0 Å². The number of carbonyl (C=O) groups is 1. The molecule has 2 rings (SSSR count). The van der Waals surface area contributed by atoms with Crippen molar-refractivity contribution >= 4 is 40.5 Å². The quantitative estimate of drug-likeness (QED) is 0.813. The Kier molecular flexibility index (Phi) is 4.16. The summed E-state index contributed by atoms with van der Waals surface area (Å²) in [7, 11) is 0. The summed E-state index contributed by atoms with van der Waals surface area (Å²) in [6, 6.07) is 7.11. The monoisotopic (exact) mass is 312 g/mol. The summed E-state index contributed by atoms with van der Waals surface area (Å²) in [5, 5.41) is 2.61. The van der Waals surface area contributed by atoms with Crippen LogP contribution in [0.5, 0.6) is 0 Å². The lowest BCUT2D eigenvalue weighted by Gasteiger charge is -2.10. The molecule has 0 aliphatic carbocycles. The van der Waals surface area contributed by atoms with Gasteiger partial charge in [0.2, 0.25) is 0 Å². The predicted octanol–water partition coefficient (Wildman–Crippen LogP) is 4.28. The van der Waals surface area contributed by atoms with Crippen LogP contribution in [0.4, 0.5) is 15.8 Å². The van der Waals surface area contributed by atoms with Crippen LogP contribution in [0.25, 0.3) is 0 Å². The van der Waals surface area contributed by atoms with E-state index >= 15 is 0 Å². The van der Waals surface area contributed by atoms with Crippen molar-refractivity contribution in [1.29, 1.82) is 0 Å². The summed E-state index contributed by atoms with van der Waals surface area (Å²) in [5.74, 6) is -0.992. The van der Waals surface area contributed by atoms with Crippen LogP contribution < -0.4 is 11.1 Å². The largest absolute Gasteiger partial charge is 0.399 e. The van der Waals surface area contributed by atoms with Crippen LogP contribution in [0.1, 0.15) is 15.9 Å². The molecule has 0 heterocycles. The molecule has 6 heteroatoms. The average Bonchev–Trinajstić information content (AvgIpc) is 2.32. The van der Waals surface area contributed by atoms with Crippen LogP contribution in [-0.2, 0) is 0 Å². The van der Waals surface area contributed by atoms with Gasteiger partial charge in [-0.3, -0.25) is 4.79 Å². The maximum Gasteiger partial charge on any atom is 0.255 e. The summed E-state index contributed by atoms with van der Waals surface area (Å²) >= 11 is 11.7. The van der Waals surface area contributed by atoms with Gasteiger partial charge < -0.3 is 11.1 Å². The molecule has 104 valence electrons. The molecule has 0 saturated heterocycles. The van der Waals surface area contributed by atoms with Crippen LogP contribution in [0.15, 0.2) is 30.3 Å². The van der Waals surface area contributed by atoms with Gasteiger partial charge in [-0.15, -0.1) is 0 Å². The second kappa shape index (κ2) is 5.69. The summed E-state index contributed by atoms with van der Waals surface area (Å²) in [6.45, 7) is 1.82. The van der Waals surface area contributed by atoms with Crippen LogP contribution >= 0.6 is 23.2 Å². The molecule has 2 aromatic rings. The fourth-order valence-electron chi connectivity index (χ4n) is 1.79. The number of amides is 1. The van der Waals surface area contributed by atoms with Crippen molar-refractivity contribution in [3.63, 3.8) is 0 Å². The SMILES string of the molecule is Cc1cc(N)cc(C(=O)Nc2c(Cl)cc(F)cc2Cl)c1. The molecule has 0 aromatic heterocycles. The second-order valence-electron chi connectivity index (χ2n) is 4.33. The number of rotatable bonds is 2. The van der Waals surface area contributed by atoms with Gasteiger partial charge in [0.1, 0.15) is 5.82 Å². The first-order chi connectivity index (χ1) is 9.36. The van der Waals surface area contributed by atoms with E-state index in [1.165, 1.54) is 6.07 Å². The Balaban J connectivity index is 2.32. The number of nitrogens with two attached hydrogens (primary N) is 1. The van der Waals surface area contributed by atoms with E-state index in [0.29, 0.717) is 11.3 Å². The zero-order chi connectivity index (χ0) is 14.9. The topological polar surface area (TPSA) is 55.1 Å². The minimum atomic E-state index is -0.571. The molecule has 1 amide bonds. The molecular weight excluding hydrogens is 302 g/mol. The number of benzene rings is 2. The van der Waals surface area contributed by atoms with Crippen molar-refractivity contribution in [3.05, 3.63) is 57.3 Å². The van der Waals surface area contributed by atoms with E-state index < -0.39 is 11.7 Å². The van der Waals surface area contributed by atoms with Crippen molar-refractivity contribution in [2.75, 3.05) is 11.1 Å². The Morgan fingerprint density at radius 3 is 2.30 bits per heavy atom. The van der Waals surface area contributed by atoms with Gasteiger partial charge in [-0.05, 0) is 42.8 Å². The minimum Gasteiger partial charge on any atom is -0.399 e. The van der Waals surface area contributed by atoms with Gasteiger partial charge in [0.05, 0.1) is 15.7 Å². The molecule has 20 heavy (non-hydrogen) atoms. The van der Waals surface area contributed by atoms with Gasteiger partial charge in [-0.25, -0.2) is 4.39 Å². The fourth-order valence-corrected chi connectivity index (χ4v) is 2.35. The molecular formula is C14H11Cl2FN2O. The van der Waals surface area contributed by atoms with E-state index in [1.54, 1.807) is 12.1 Å². The van der Waals surface area contributed by atoms with E-state index in [0.717, 1.165) is 17.7 Å². The Morgan fingerprint density at radius 1 is 1.15 bits per heavy atom. The van der Waals surface area contributed by atoms with Crippen molar-refractivity contribution in [3.8, 4) is 0 Å². The molecule has 0 bridgehead atoms. The number of anilines is 2. The lowest BCUT2D eigenvalue weighted by Crippen LogP contribution is -2.13. The van der Waals surface area contributed by atoms with Crippen molar-refractivity contribution in [2.24, 2.45) is 0 Å². The summed E-state index contributed by atoms with van der Waals surface area (Å²) in [4.78, 5) is 12.1. The lowest BCUT2D eigenvalue weighted by atomic mass is 10.1. The molecule has 2 aromatic carbocycles. The first kappa shape index (κ1) is 14.6. The number of nitrogen functional groups attached to an aromatic ring is 1. The normalized spacial score (nSPS) is 10.4. The third-order valence-electron chi connectivity index (χ3n) is 2.61. The number of halogens is 3. The highest BCUT2D eigenvalue weighted by Crippen LogP contribution is 2.31. The highest BCUT2D eigenvalue weighted by Gasteiger charge is 2.13. The molecule has 0 aliphatic heterocycles. The van der Waals surface area contributed by atoms with Crippen LogP contribution in [0, 0.1) is 12.7 Å². The number of aryl methyl sites for hydroxylation is 1. The molecule has 0 saturated carbocycles. The van der Waals surface area contributed by atoms with Crippen molar-refractivity contribution < 1.29 is 9.18 Å². The van der Waals surface area contributed by atoms with E-state index in [9.17, 15) is 9.18 Å². The molecule has 0 unspecified atom stereocenters. The van der Waals surface area contributed by atoms with E-state index in [2.05, 4.69) is 5.32 Å². The number of nitrogens with one attached hydrogen (secondary N) is 1. The molecule has 0 aliphatic rings. The summed E-state index contributed by atoms with van der Waals surface area (Å²) < 4.78 is 13.1. The minimum absolute atomic E-state index is 0.0315. The van der Waals surface area contributed by atoms with E-state index in [4.69, 9.17) is 28.9 Å².